The van der Waals surface area contributed by atoms with Crippen molar-refractivity contribution in [2.24, 2.45) is 5.73 Å². The third-order valence-corrected chi connectivity index (χ3v) is 4.36. The molecule has 2 unspecified atom stereocenters. The number of nitrogens with two attached hydrogens (primary N) is 1. The maximum atomic E-state index is 9.77. The smallest absolute Gasteiger partial charge is 0.0750 e. The van der Waals surface area contributed by atoms with Crippen molar-refractivity contribution < 1.29 is 5.11 Å². The molecule has 0 spiro atoms. The fraction of sp³-hybridized carbons (Fsp3) is 0.571. The maximum Gasteiger partial charge on any atom is 0.0750 e. The Bertz CT molecular complexity index is 454. The van der Waals surface area contributed by atoms with Crippen molar-refractivity contribution in [3.05, 3.63) is 27.5 Å². The molecular formula is C14H25N3OS. The standard InChI is InChI=1S/C13H20N2OS.CH5N/c1-8-6-11(10(3)17-8)13-7-12(9(2)16)14(4)15(13)5;1-2/h6-7,9,12,16H,1-5H3;2H2,1H3. The number of hydrogen-bond acceptors (Lipinski definition) is 5. The predicted octanol–water partition coefficient (Wildman–Crippen LogP) is 1.82. The highest BCUT2D eigenvalue weighted by Crippen LogP contribution is 2.34. The van der Waals surface area contributed by atoms with E-state index in [1.54, 1.807) is 0 Å². The Kier molecular flexibility index (Phi) is 5.55. The second kappa shape index (κ2) is 6.52. The molecule has 2 heterocycles. The number of rotatable bonds is 2. The van der Waals surface area contributed by atoms with Gasteiger partial charge >= 0.3 is 0 Å². The molecule has 1 aromatic rings. The summed E-state index contributed by atoms with van der Waals surface area (Å²) in [5.41, 5.74) is 6.98. The van der Waals surface area contributed by atoms with Crippen molar-refractivity contribution in [3.8, 4) is 0 Å². The van der Waals surface area contributed by atoms with E-state index in [2.05, 4.69) is 41.7 Å². The van der Waals surface area contributed by atoms with E-state index < -0.39 is 0 Å². The molecule has 0 fully saturated rings. The Balaban J connectivity index is 0.000000861. The highest BCUT2D eigenvalue weighted by molar-refractivity contribution is 7.12. The summed E-state index contributed by atoms with van der Waals surface area (Å²) in [6.07, 6.45) is 1.79. The normalized spacial score (nSPS) is 20.9. The molecule has 1 aromatic heterocycles. The fourth-order valence-corrected chi connectivity index (χ4v) is 3.28. The van der Waals surface area contributed by atoms with Gasteiger partial charge in [-0.1, -0.05) is 0 Å². The van der Waals surface area contributed by atoms with Gasteiger partial charge in [-0.15, -0.1) is 11.3 Å². The molecule has 1 aliphatic heterocycles. The summed E-state index contributed by atoms with van der Waals surface area (Å²) in [6.45, 7) is 6.12. The second-order valence-corrected chi connectivity index (χ2v) is 6.17. The monoisotopic (exact) mass is 283 g/mol. The highest BCUT2D eigenvalue weighted by Gasteiger charge is 2.31. The van der Waals surface area contributed by atoms with Gasteiger partial charge in [0.25, 0.3) is 0 Å². The third kappa shape index (κ3) is 3.17. The van der Waals surface area contributed by atoms with Crippen LogP contribution in [0.1, 0.15) is 22.2 Å². The van der Waals surface area contributed by atoms with Gasteiger partial charge < -0.3 is 15.8 Å². The quantitative estimate of drug-likeness (QED) is 0.869. The lowest BCUT2D eigenvalue weighted by Crippen LogP contribution is -2.41. The SMILES string of the molecule is CN.Cc1cc(C2=CC(C(C)O)N(C)N2C)c(C)s1. The first-order valence-electron chi connectivity index (χ1n) is 6.43. The molecule has 3 N–H and O–H groups in total. The number of likely N-dealkylation sites (N-methyl/N-ethyl adjacent to an activating group) is 1. The molecule has 0 amide bonds. The summed E-state index contributed by atoms with van der Waals surface area (Å²) in [6, 6.07) is 2.29. The number of aliphatic hydroxyl groups excluding tert-OH is 1. The van der Waals surface area contributed by atoms with Crippen LogP contribution in [-0.4, -0.2) is 48.4 Å². The van der Waals surface area contributed by atoms with Gasteiger partial charge in [0.2, 0.25) is 0 Å². The van der Waals surface area contributed by atoms with Crippen LogP contribution in [0.5, 0.6) is 0 Å². The Morgan fingerprint density at radius 2 is 1.89 bits per heavy atom. The Morgan fingerprint density at radius 3 is 2.26 bits per heavy atom. The topological polar surface area (TPSA) is 52.7 Å². The van der Waals surface area contributed by atoms with Crippen molar-refractivity contribution in [1.82, 2.24) is 10.0 Å². The van der Waals surface area contributed by atoms with E-state index in [0.717, 1.165) is 0 Å². The van der Waals surface area contributed by atoms with Crippen molar-refractivity contribution in [1.29, 1.82) is 0 Å². The zero-order valence-electron chi connectivity index (χ0n) is 12.6. The second-order valence-electron chi connectivity index (χ2n) is 4.71. The summed E-state index contributed by atoms with van der Waals surface area (Å²) >= 11 is 1.82. The molecule has 0 saturated carbocycles. The number of aliphatic hydroxyl groups is 1. The Labute approximate surface area is 120 Å². The molecule has 0 saturated heterocycles. The van der Waals surface area contributed by atoms with E-state index in [-0.39, 0.29) is 12.1 Å². The highest BCUT2D eigenvalue weighted by atomic mass is 32.1. The first kappa shape index (κ1) is 16.2. The number of thiophene rings is 1. The van der Waals surface area contributed by atoms with E-state index in [0.29, 0.717) is 0 Å². The average molecular weight is 283 g/mol. The first-order chi connectivity index (χ1) is 8.91. The van der Waals surface area contributed by atoms with Crippen molar-refractivity contribution in [3.63, 3.8) is 0 Å². The maximum absolute atomic E-state index is 9.77. The number of hydrazine groups is 1. The summed E-state index contributed by atoms with van der Waals surface area (Å²) < 4.78 is 0. The van der Waals surface area contributed by atoms with Gasteiger partial charge in [-0.2, -0.15) is 0 Å². The van der Waals surface area contributed by atoms with Crippen LogP contribution in [0.3, 0.4) is 0 Å². The summed E-state index contributed by atoms with van der Waals surface area (Å²) in [5.74, 6) is 0. The summed E-state index contributed by atoms with van der Waals surface area (Å²) in [5, 5.41) is 14.0. The Morgan fingerprint density at radius 1 is 1.32 bits per heavy atom. The van der Waals surface area contributed by atoms with Crippen LogP contribution in [0.25, 0.3) is 5.70 Å². The van der Waals surface area contributed by atoms with Crippen LogP contribution in [0, 0.1) is 13.8 Å². The summed E-state index contributed by atoms with van der Waals surface area (Å²) in [7, 11) is 5.55. The largest absolute Gasteiger partial charge is 0.391 e. The Hall–Kier alpha value is -0.880. The average Bonchev–Trinajstić information content (AvgIpc) is 2.84. The first-order valence-corrected chi connectivity index (χ1v) is 7.25. The minimum Gasteiger partial charge on any atom is -0.391 e. The molecule has 0 aromatic carbocycles. The van der Waals surface area contributed by atoms with Crippen LogP contribution in [-0.2, 0) is 0 Å². The number of hydrogen-bond donors (Lipinski definition) is 2. The lowest BCUT2D eigenvalue weighted by atomic mass is 10.1. The zero-order valence-corrected chi connectivity index (χ0v) is 13.5. The molecular weight excluding hydrogens is 258 g/mol. The predicted molar refractivity (Wildman–Crippen MR) is 82.9 cm³/mol. The van der Waals surface area contributed by atoms with E-state index in [1.165, 1.54) is 28.1 Å². The molecule has 108 valence electrons. The molecule has 2 atom stereocenters. The minimum absolute atomic E-state index is 0.0645. The third-order valence-electron chi connectivity index (χ3n) is 3.39. The van der Waals surface area contributed by atoms with Gasteiger partial charge in [0.15, 0.2) is 0 Å². The van der Waals surface area contributed by atoms with Crippen LogP contribution in [0.2, 0.25) is 0 Å². The zero-order chi connectivity index (χ0) is 14.7. The van der Waals surface area contributed by atoms with E-state index in [1.807, 2.05) is 32.4 Å². The fourth-order valence-electron chi connectivity index (χ4n) is 2.35. The van der Waals surface area contributed by atoms with E-state index in [4.69, 9.17) is 0 Å². The van der Waals surface area contributed by atoms with Crippen molar-refractivity contribution >= 4 is 17.0 Å². The van der Waals surface area contributed by atoms with Crippen LogP contribution in [0.15, 0.2) is 12.1 Å². The van der Waals surface area contributed by atoms with E-state index >= 15 is 0 Å². The van der Waals surface area contributed by atoms with Gasteiger partial charge in [0, 0.05) is 29.4 Å². The molecule has 19 heavy (non-hydrogen) atoms. The van der Waals surface area contributed by atoms with Crippen molar-refractivity contribution in [2.45, 2.75) is 32.9 Å². The molecule has 1 aliphatic rings. The van der Waals surface area contributed by atoms with Gasteiger partial charge in [0.1, 0.15) is 0 Å². The number of aryl methyl sites for hydroxylation is 2. The number of nitrogens with zero attached hydrogens (tertiary/aromatic N) is 2. The molecule has 5 heteroatoms. The van der Waals surface area contributed by atoms with Crippen molar-refractivity contribution in [2.75, 3.05) is 21.1 Å². The molecule has 0 aliphatic carbocycles. The molecule has 4 nitrogen and oxygen atoms in total. The van der Waals surface area contributed by atoms with Crippen LogP contribution >= 0.6 is 11.3 Å². The van der Waals surface area contributed by atoms with Gasteiger partial charge in [0.05, 0.1) is 17.8 Å². The molecule has 0 radical (unpaired) electrons. The molecule has 2 rings (SSSR count). The van der Waals surface area contributed by atoms with Gasteiger partial charge in [-0.3, -0.25) is 0 Å². The van der Waals surface area contributed by atoms with Gasteiger partial charge in [-0.05, 0) is 40.0 Å². The van der Waals surface area contributed by atoms with Crippen LogP contribution < -0.4 is 5.73 Å². The molecule has 0 bridgehead atoms. The summed E-state index contributed by atoms with van der Waals surface area (Å²) in [4.78, 5) is 2.66. The van der Waals surface area contributed by atoms with Crippen LogP contribution in [0.4, 0.5) is 0 Å². The lowest BCUT2D eigenvalue weighted by Gasteiger charge is -2.30. The minimum atomic E-state index is -0.361. The van der Waals surface area contributed by atoms with Gasteiger partial charge in [-0.25, -0.2) is 5.01 Å². The lowest BCUT2D eigenvalue weighted by molar-refractivity contribution is 0.0191. The van der Waals surface area contributed by atoms with E-state index in [9.17, 15) is 5.11 Å².